The molecule has 1 fully saturated rings. The van der Waals surface area contributed by atoms with Crippen LogP contribution in [0.5, 0.6) is 5.75 Å². The zero-order valence-electron chi connectivity index (χ0n) is 13.4. The van der Waals surface area contributed by atoms with Crippen molar-refractivity contribution in [2.24, 2.45) is 0 Å². The van der Waals surface area contributed by atoms with Crippen molar-refractivity contribution in [1.29, 1.82) is 0 Å². The first kappa shape index (κ1) is 15.3. The van der Waals surface area contributed by atoms with Crippen LogP contribution in [0.15, 0.2) is 6.20 Å². The Hall–Kier alpha value is -1.13. The fourth-order valence-electron chi connectivity index (χ4n) is 2.98. The van der Waals surface area contributed by atoms with Gasteiger partial charge in [-0.25, -0.2) is 0 Å². The number of aryl methyl sites for hydroxylation is 1. The van der Waals surface area contributed by atoms with Gasteiger partial charge in [-0.05, 0) is 27.2 Å². The maximum atomic E-state index is 5.51. The van der Waals surface area contributed by atoms with Gasteiger partial charge in [0.25, 0.3) is 0 Å². The zero-order valence-corrected chi connectivity index (χ0v) is 13.4. The normalized spacial score (nSPS) is 23.9. The van der Waals surface area contributed by atoms with Crippen molar-refractivity contribution >= 4 is 0 Å². The summed E-state index contributed by atoms with van der Waals surface area (Å²) >= 11 is 0. The number of nitrogens with one attached hydrogen (secondary N) is 1. The standard InChI is InChI=1S/C16H27N3O/c1-6-16(4)11-17-7-8-19(16)10-14-13(3)15(20-5)12(2)9-18-14/h9,17H,6-8,10-11H2,1-5H3. The highest BCUT2D eigenvalue weighted by molar-refractivity contribution is 5.41. The molecule has 112 valence electrons. The van der Waals surface area contributed by atoms with Crippen molar-refractivity contribution in [3.05, 3.63) is 23.0 Å². The number of aromatic nitrogens is 1. The Morgan fingerprint density at radius 1 is 1.45 bits per heavy atom. The smallest absolute Gasteiger partial charge is 0.128 e. The minimum Gasteiger partial charge on any atom is -0.496 e. The molecule has 4 heteroatoms. The molecule has 0 aromatic carbocycles. The van der Waals surface area contributed by atoms with Crippen LogP contribution in [0.3, 0.4) is 0 Å². The van der Waals surface area contributed by atoms with Gasteiger partial charge in [-0.3, -0.25) is 9.88 Å². The van der Waals surface area contributed by atoms with Crippen molar-refractivity contribution in [3.63, 3.8) is 0 Å². The molecule has 0 saturated carbocycles. The maximum absolute atomic E-state index is 5.51. The van der Waals surface area contributed by atoms with Gasteiger partial charge in [-0.1, -0.05) is 6.92 Å². The van der Waals surface area contributed by atoms with Crippen molar-refractivity contribution in [2.45, 2.75) is 46.2 Å². The van der Waals surface area contributed by atoms with Crippen LogP contribution in [-0.2, 0) is 6.54 Å². The molecule has 1 atom stereocenters. The Morgan fingerprint density at radius 3 is 2.85 bits per heavy atom. The molecule has 0 spiro atoms. The molecule has 1 aliphatic rings. The van der Waals surface area contributed by atoms with Crippen LogP contribution < -0.4 is 10.1 Å². The van der Waals surface area contributed by atoms with E-state index >= 15 is 0 Å². The summed E-state index contributed by atoms with van der Waals surface area (Å²) in [5.41, 5.74) is 3.62. The number of nitrogens with zero attached hydrogens (tertiary/aromatic N) is 2. The SMILES string of the molecule is CCC1(C)CNCCN1Cc1ncc(C)c(OC)c1C. The summed E-state index contributed by atoms with van der Waals surface area (Å²) in [5, 5.41) is 3.50. The number of ether oxygens (including phenoxy) is 1. The number of rotatable bonds is 4. The van der Waals surface area contributed by atoms with Gasteiger partial charge >= 0.3 is 0 Å². The second kappa shape index (κ2) is 6.10. The molecular formula is C16H27N3O. The van der Waals surface area contributed by atoms with Gasteiger partial charge in [-0.15, -0.1) is 0 Å². The quantitative estimate of drug-likeness (QED) is 0.916. The number of piperazine rings is 1. The summed E-state index contributed by atoms with van der Waals surface area (Å²) in [6, 6.07) is 0. The van der Waals surface area contributed by atoms with Crippen molar-refractivity contribution in [1.82, 2.24) is 15.2 Å². The molecule has 2 rings (SSSR count). The lowest BCUT2D eigenvalue weighted by Gasteiger charge is -2.45. The Labute approximate surface area is 122 Å². The first-order valence-corrected chi connectivity index (χ1v) is 7.46. The van der Waals surface area contributed by atoms with E-state index in [9.17, 15) is 0 Å². The lowest BCUT2D eigenvalue weighted by molar-refractivity contribution is 0.0622. The van der Waals surface area contributed by atoms with E-state index in [1.165, 1.54) is 5.56 Å². The largest absolute Gasteiger partial charge is 0.496 e. The molecule has 1 aliphatic heterocycles. The first-order chi connectivity index (χ1) is 9.51. The van der Waals surface area contributed by atoms with Gasteiger partial charge in [0.2, 0.25) is 0 Å². The summed E-state index contributed by atoms with van der Waals surface area (Å²) in [4.78, 5) is 7.19. The predicted molar refractivity (Wildman–Crippen MR) is 82.2 cm³/mol. The number of methoxy groups -OCH3 is 1. The lowest BCUT2D eigenvalue weighted by Crippen LogP contribution is -2.58. The van der Waals surface area contributed by atoms with E-state index < -0.39 is 0 Å². The average Bonchev–Trinajstić information content (AvgIpc) is 2.45. The molecule has 0 radical (unpaired) electrons. The molecule has 1 unspecified atom stereocenters. The molecule has 2 heterocycles. The average molecular weight is 277 g/mol. The van der Waals surface area contributed by atoms with Gasteiger partial charge in [0.1, 0.15) is 5.75 Å². The van der Waals surface area contributed by atoms with E-state index in [0.717, 1.165) is 49.6 Å². The molecule has 0 aliphatic carbocycles. The lowest BCUT2D eigenvalue weighted by atomic mass is 9.93. The number of pyridine rings is 1. The van der Waals surface area contributed by atoms with Crippen LogP contribution in [0, 0.1) is 13.8 Å². The summed E-state index contributed by atoms with van der Waals surface area (Å²) in [7, 11) is 1.74. The van der Waals surface area contributed by atoms with Crippen LogP contribution in [-0.4, -0.2) is 42.2 Å². The highest BCUT2D eigenvalue weighted by atomic mass is 16.5. The van der Waals surface area contributed by atoms with Crippen LogP contribution in [0.25, 0.3) is 0 Å². The third kappa shape index (κ3) is 2.81. The Morgan fingerprint density at radius 2 is 2.20 bits per heavy atom. The van der Waals surface area contributed by atoms with Crippen molar-refractivity contribution in [2.75, 3.05) is 26.7 Å². The molecule has 1 saturated heterocycles. The summed E-state index contributed by atoms with van der Waals surface area (Å²) < 4.78 is 5.51. The van der Waals surface area contributed by atoms with E-state index in [-0.39, 0.29) is 5.54 Å². The van der Waals surface area contributed by atoms with Gasteiger partial charge in [0.05, 0.1) is 12.8 Å². The minimum atomic E-state index is 0.213. The molecular weight excluding hydrogens is 250 g/mol. The van der Waals surface area contributed by atoms with Crippen LogP contribution in [0.1, 0.15) is 37.1 Å². The number of hydrogen-bond donors (Lipinski definition) is 1. The van der Waals surface area contributed by atoms with Gasteiger partial charge in [0.15, 0.2) is 0 Å². The Balaban J connectivity index is 2.25. The highest BCUT2D eigenvalue weighted by Gasteiger charge is 2.33. The fraction of sp³-hybridized carbons (Fsp3) is 0.688. The van der Waals surface area contributed by atoms with Gasteiger partial charge < -0.3 is 10.1 Å². The highest BCUT2D eigenvalue weighted by Crippen LogP contribution is 2.28. The second-order valence-corrected chi connectivity index (χ2v) is 5.99. The zero-order chi connectivity index (χ0) is 14.8. The van der Waals surface area contributed by atoms with E-state index in [0.29, 0.717) is 0 Å². The third-order valence-electron chi connectivity index (χ3n) is 4.68. The molecule has 0 amide bonds. The summed E-state index contributed by atoms with van der Waals surface area (Å²) in [5.74, 6) is 0.975. The predicted octanol–water partition coefficient (Wildman–Crippen LogP) is 2.28. The van der Waals surface area contributed by atoms with Gasteiger partial charge in [-0.2, -0.15) is 0 Å². The van der Waals surface area contributed by atoms with Crippen LogP contribution in [0.4, 0.5) is 0 Å². The molecule has 4 nitrogen and oxygen atoms in total. The van der Waals surface area contributed by atoms with Crippen LogP contribution in [0.2, 0.25) is 0 Å². The van der Waals surface area contributed by atoms with Crippen molar-refractivity contribution < 1.29 is 4.74 Å². The second-order valence-electron chi connectivity index (χ2n) is 5.99. The molecule has 1 aromatic heterocycles. The summed E-state index contributed by atoms with van der Waals surface area (Å²) in [6.07, 6.45) is 3.06. The van der Waals surface area contributed by atoms with E-state index in [4.69, 9.17) is 4.74 Å². The van der Waals surface area contributed by atoms with Crippen molar-refractivity contribution in [3.8, 4) is 5.75 Å². The minimum absolute atomic E-state index is 0.213. The van der Waals surface area contributed by atoms with E-state index in [1.54, 1.807) is 7.11 Å². The first-order valence-electron chi connectivity index (χ1n) is 7.46. The maximum Gasteiger partial charge on any atom is 0.128 e. The Kier molecular flexibility index (Phi) is 4.66. The summed E-state index contributed by atoms with van der Waals surface area (Å²) in [6.45, 7) is 12.8. The molecule has 1 aromatic rings. The third-order valence-corrected chi connectivity index (χ3v) is 4.68. The molecule has 20 heavy (non-hydrogen) atoms. The molecule has 0 bridgehead atoms. The van der Waals surface area contributed by atoms with E-state index in [1.807, 2.05) is 13.1 Å². The fourth-order valence-corrected chi connectivity index (χ4v) is 2.98. The topological polar surface area (TPSA) is 37.4 Å². The Bertz CT molecular complexity index is 475. The monoisotopic (exact) mass is 277 g/mol. The number of hydrogen-bond acceptors (Lipinski definition) is 4. The van der Waals surface area contributed by atoms with Crippen LogP contribution >= 0.6 is 0 Å². The van der Waals surface area contributed by atoms with E-state index in [2.05, 4.69) is 36.0 Å². The molecule has 1 N–H and O–H groups in total. The van der Waals surface area contributed by atoms with Gasteiger partial charge in [0, 0.05) is 49.0 Å².